The van der Waals surface area contributed by atoms with E-state index in [1.165, 1.54) is 22.9 Å². The van der Waals surface area contributed by atoms with E-state index in [1.54, 1.807) is 6.92 Å². The van der Waals surface area contributed by atoms with E-state index >= 15 is 0 Å². The average molecular weight is 308 g/mol. The van der Waals surface area contributed by atoms with E-state index in [-0.39, 0.29) is 11.1 Å². The third-order valence-corrected chi connectivity index (χ3v) is 3.23. The van der Waals surface area contributed by atoms with Gasteiger partial charge < -0.3 is 10.2 Å². The van der Waals surface area contributed by atoms with E-state index in [0.29, 0.717) is 5.56 Å². The maximum atomic E-state index is 10.5. The van der Waals surface area contributed by atoms with E-state index in [9.17, 15) is 9.59 Å². The highest BCUT2D eigenvalue weighted by Gasteiger charge is 2.09. The van der Waals surface area contributed by atoms with Gasteiger partial charge >= 0.3 is 11.9 Å². The zero-order valence-corrected chi connectivity index (χ0v) is 12.6. The molecule has 0 aliphatic heterocycles. The fourth-order valence-corrected chi connectivity index (χ4v) is 2.16. The SMILES string of the molecule is Cc1cc(C(=O)O)cc(C(=O)O)c1.c1ccc2ccccc2c1. The zero-order chi connectivity index (χ0) is 16.8. The molecule has 4 heteroatoms. The van der Waals surface area contributed by atoms with Gasteiger partial charge in [0, 0.05) is 0 Å². The standard InChI is InChI=1S/C10H8.C9H8O4/c1-2-6-10-8-4-3-7-9(10)5-1;1-5-2-6(8(10)11)4-7(3-5)9(12)13/h1-8H;2-4H,1H3,(H,10,11)(H,12,13). The number of aromatic carboxylic acids is 2. The second-order valence-corrected chi connectivity index (χ2v) is 5.05. The number of fused-ring (bicyclic) bond motifs is 1. The lowest BCUT2D eigenvalue weighted by Gasteiger charge is -1.99. The van der Waals surface area contributed by atoms with Crippen LogP contribution in [-0.2, 0) is 0 Å². The second-order valence-electron chi connectivity index (χ2n) is 5.05. The van der Waals surface area contributed by atoms with Gasteiger partial charge in [-0.3, -0.25) is 0 Å². The highest BCUT2D eigenvalue weighted by atomic mass is 16.4. The summed E-state index contributed by atoms with van der Waals surface area (Å²) < 4.78 is 0. The molecule has 0 aliphatic carbocycles. The summed E-state index contributed by atoms with van der Waals surface area (Å²) in [5.41, 5.74) is 0.618. The van der Waals surface area contributed by atoms with Crippen molar-refractivity contribution in [1.82, 2.24) is 0 Å². The largest absolute Gasteiger partial charge is 0.478 e. The molecule has 3 aromatic carbocycles. The Labute approximate surface area is 133 Å². The highest BCUT2D eigenvalue weighted by Crippen LogP contribution is 2.11. The van der Waals surface area contributed by atoms with E-state index in [0.717, 1.165) is 6.07 Å². The third-order valence-electron chi connectivity index (χ3n) is 3.23. The first-order chi connectivity index (χ1) is 11.0. The maximum Gasteiger partial charge on any atom is 0.335 e. The van der Waals surface area contributed by atoms with Crippen LogP contribution in [0.5, 0.6) is 0 Å². The summed E-state index contributed by atoms with van der Waals surface area (Å²) in [6, 6.07) is 20.7. The van der Waals surface area contributed by atoms with Gasteiger partial charge in [-0.15, -0.1) is 0 Å². The summed E-state index contributed by atoms with van der Waals surface area (Å²) in [7, 11) is 0. The summed E-state index contributed by atoms with van der Waals surface area (Å²) >= 11 is 0. The molecular weight excluding hydrogens is 292 g/mol. The minimum Gasteiger partial charge on any atom is -0.478 e. The normalized spacial score (nSPS) is 9.78. The molecule has 0 aromatic heterocycles. The molecule has 0 aliphatic rings. The van der Waals surface area contributed by atoms with Crippen molar-refractivity contribution in [3.63, 3.8) is 0 Å². The number of carboxylic acids is 2. The molecule has 0 saturated carbocycles. The van der Waals surface area contributed by atoms with Gasteiger partial charge in [0.15, 0.2) is 0 Å². The Balaban J connectivity index is 0.000000172. The molecule has 0 spiro atoms. The third kappa shape index (κ3) is 4.41. The maximum absolute atomic E-state index is 10.5. The Bertz CT molecular complexity index is 755. The Kier molecular flexibility index (Phi) is 5.10. The molecule has 4 nitrogen and oxygen atoms in total. The minimum absolute atomic E-state index is 0.00241. The van der Waals surface area contributed by atoms with Gasteiger partial charge in [0.05, 0.1) is 11.1 Å². The molecule has 2 N–H and O–H groups in total. The molecule has 0 heterocycles. The van der Waals surface area contributed by atoms with Crippen LogP contribution in [0.2, 0.25) is 0 Å². The number of hydrogen-bond donors (Lipinski definition) is 2. The average Bonchev–Trinajstić information content (AvgIpc) is 2.55. The number of aryl methyl sites for hydroxylation is 1. The van der Waals surface area contributed by atoms with Crippen molar-refractivity contribution >= 4 is 22.7 Å². The van der Waals surface area contributed by atoms with Crippen LogP contribution in [0.1, 0.15) is 26.3 Å². The topological polar surface area (TPSA) is 74.6 Å². The lowest BCUT2D eigenvalue weighted by atomic mass is 10.1. The monoisotopic (exact) mass is 308 g/mol. The molecule has 3 rings (SSSR count). The molecule has 0 atom stereocenters. The van der Waals surface area contributed by atoms with Gasteiger partial charge in [-0.25, -0.2) is 9.59 Å². The molecule has 3 aromatic rings. The van der Waals surface area contributed by atoms with Crippen molar-refractivity contribution in [2.45, 2.75) is 6.92 Å². The molecule has 0 unspecified atom stereocenters. The number of carboxylic acid groups (broad SMARTS) is 2. The van der Waals surface area contributed by atoms with Crippen LogP contribution in [0.4, 0.5) is 0 Å². The van der Waals surface area contributed by atoms with Crippen molar-refractivity contribution in [2.24, 2.45) is 0 Å². The number of rotatable bonds is 2. The van der Waals surface area contributed by atoms with Crippen LogP contribution >= 0.6 is 0 Å². The summed E-state index contributed by atoms with van der Waals surface area (Å²) in [4.78, 5) is 21.1. The quantitative estimate of drug-likeness (QED) is 0.743. The molecule has 116 valence electrons. The van der Waals surface area contributed by atoms with Gasteiger partial charge in [0.2, 0.25) is 0 Å². The molecule has 0 saturated heterocycles. The van der Waals surface area contributed by atoms with Gasteiger partial charge in [0.1, 0.15) is 0 Å². The van der Waals surface area contributed by atoms with Crippen molar-refractivity contribution in [3.8, 4) is 0 Å². The number of carbonyl (C=O) groups is 2. The van der Waals surface area contributed by atoms with E-state index in [2.05, 4.69) is 48.5 Å². The molecule has 0 amide bonds. The minimum atomic E-state index is -1.12. The first kappa shape index (κ1) is 16.2. The smallest absolute Gasteiger partial charge is 0.335 e. The molecule has 0 bridgehead atoms. The molecule has 0 radical (unpaired) electrons. The van der Waals surface area contributed by atoms with Gasteiger partial charge in [-0.2, -0.15) is 0 Å². The molecular formula is C19H16O4. The van der Waals surface area contributed by atoms with E-state index in [4.69, 9.17) is 10.2 Å². The second kappa shape index (κ2) is 7.22. The number of hydrogen-bond acceptors (Lipinski definition) is 2. The van der Waals surface area contributed by atoms with Crippen molar-refractivity contribution < 1.29 is 19.8 Å². The molecule has 0 fully saturated rings. The van der Waals surface area contributed by atoms with Crippen molar-refractivity contribution in [3.05, 3.63) is 83.4 Å². The predicted molar refractivity (Wildman–Crippen MR) is 89.0 cm³/mol. The van der Waals surface area contributed by atoms with E-state index < -0.39 is 11.9 Å². The van der Waals surface area contributed by atoms with Gasteiger partial charge in [-0.05, 0) is 41.5 Å². The Morgan fingerprint density at radius 1 is 0.696 bits per heavy atom. The van der Waals surface area contributed by atoms with Crippen LogP contribution < -0.4 is 0 Å². The lowest BCUT2D eigenvalue weighted by molar-refractivity contribution is 0.0696. The Morgan fingerprint density at radius 3 is 1.35 bits per heavy atom. The van der Waals surface area contributed by atoms with Gasteiger partial charge in [-0.1, -0.05) is 48.5 Å². The summed E-state index contributed by atoms with van der Waals surface area (Å²) in [6.07, 6.45) is 0. The van der Waals surface area contributed by atoms with Crippen molar-refractivity contribution in [2.75, 3.05) is 0 Å². The summed E-state index contributed by atoms with van der Waals surface area (Å²) in [5, 5.41) is 19.9. The van der Waals surface area contributed by atoms with Crippen LogP contribution in [0.15, 0.2) is 66.7 Å². The van der Waals surface area contributed by atoms with Crippen LogP contribution in [0.3, 0.4) is 0 Å². The first-order valence-electron chi connectivity index (χ1n) is 6.99. The first-order valence-corrected chi connectivity index (χ1v) is 6.99. The lowest BCUT2D eigenvalue weighted by Crippen LogP contribution is -2.02. The van der Waals surface area contributed by atoms with Crippen LogP contribution in [0, 0.1) is 6.92 Å². The number of benzene rings is 3. The summed E-state index contributed by atoms with van der Waals surface area (Å²) in [5.74, 6) is -2.24. The van der Waals surface area contributed by atoms with Crippen molar-refractivity contribution in [1.29, 1.82) is 0 Å². The fourth-order valence-electron chi connectivity index (χ4n) is 2.16. The van der Waals surface area contributed by atoms with Crippen LogP contribution in [-0.4, -0.2) is 22.2 Å². The zero-order valence-electron chi connectivity index (χ0n) is 12.6. The van der Waals surface area contributed by atoms with Gasteiger partial charge in [0.25, 0.3) is 0 Å². The predicted octanol–water partition coefficient (Wildman–Crippen LogP) is 4.23. The Morgan fingerprint density at radius 2 is 1.04 bits per heavy atom. The highest BCUT2D eigenvalue weighted by molar-refractivity contribution is 5.94. The fraction of sp³-hybridized carbons (Fsp3) is 0.0526. The van der Waals surface area contributed by atoms with Crippen LogP contribution in [0.25, 0.3) is 10.8 Å². The van der Waals surface area contributed by atoms with E-state index in [1.807, 2.05) is 0 Å². The summed E-state index contributed by atoms with van der Waals surface area (Å²) in [6.45, 7) is 1.65. The molecule has 23 heavy (non-hydrogen) atoms. The Hall–Kier alpha value is -3.14.